The van der Waals surface area contributed by atoms with E-state index in [0.29, 0.717) is 19.0 Å². The third-order valence-electron chi connectivity index (χ3n) is 5.54. The van der Waals surface area contributed by atoms with E-state index >= 15 is 0 Å². The Morgan fingerprint density at radius 3 is 2.48 bits per heavy atom. The van der Waals surface area contributed by atoms with Gasteiger partial charge in [0.15, 0.2) is 0 Å². The van der Waals surface area contributed by atoms with Gasteiger partial charge in [0.05, 0.1) is 6.61 Å². The Morgan fingerprint density at radius 2 is 1.82 bits per heavy atom. The minimum absolute atomic E-state index is 0.266. The molecule has 9 heteroatoms. The first kappa shape index (κ1) is 26.3. The summed E-state index contributed by atoms with van der Waals surface area (Å²) in [6.07, 6.45) is 10.2. The van der Waals surface area contributed by atoms with Crippen molar-refractivity contribution in [3.8, 4) is 5.75 Å². The number of aliphatic carboxylic acids is 1. The number of hydrogen-bond acceptors (Lipinski definition) is 7. The van der Waals surface area contributed by atoms with Crippen LogP contribution in [-0.2, 0) is 11.8 Å². The van der Waals surface area contributed by atoms with E-state index < -0.39 is 5.97 Å². The highest BCUT2D eigenvalue weighted by molar-refractivity contribution is 5.66. The number of nitrogens with one attached hydrogen (secondary N) is 1. The maximum Gasteiger partial charge on any atom is 0.303 e. The Bertz CT molecular complexity index is 826. The quantitative estimate of drug-likeness (QED) is 0.282. The summed E-state index contributed by atoms with van der Waals surface area (Å²) in [4.78, 5) is 16.9. The maximum absolute atomic E-state index is 10.5. The molecule has 33 heavy (non-hydrogen) atoms. The lowest BCUT2D eigenvalue weighted by Crippen LogP contribution is -2.18. The van der Waals surface area contributed by atoms with Gasteiger partial charge in [-0.25, -0.2) is 4.68 Å². The van der Waals surface area contributed by atoms with E-state index in [-0.39, 0.29) is 5.95 Å². The molecule has 1 heterocycles. The molecule has 2 aromatic rings. The Kier molecular flexibility index (Phi) is 11.9. The number of anilines is 3. The van der Waals surface area contributed by atoms with Crippen LogP contribution in [-0.4, -0.2) is 52.6 Å². The van der Waals surface area contributed by atoms with Gasteiger partial charge < -0.3 is 25.8 Å². The zero-order valence-electron chi connectivity index (χ0n) is 20.1. The highest BCUT2D eigenvalue weighted by atomic mass is 16.5. The van der Waals surface area contributed by atoms with Crippen molar-refractivity contribution in [3.05, 3.63) is 24.3 Å². The predicted molar refractivity (Wildman–Crippen MR) is 133 cm³/mol. The standard InChI is InChI=1S/C24H40N6O3/c1-29(17-10-8-6-4-3-5-7-9-15-22(31)32)20-13-11-14-21(19-20)33-18-12-16-26-24-27-23(25)28-30(24)2/h11,13-14,19H,3-10,12,15-18H2,1-2H3,(H,31,32)(H3,25,26,27,28). The van der Waals surface area contributed by atoms with Crippen LogP contribution in [0.1, 0.15) is 64.2 Å². The maximum atomic E-state index is 10.5. The summed E-state index contributed by atoms with van der Waals surface area (Å²) in [5, 5.41) is 15.8. The molecule has 9 nitrogen and oxygen atoms in total. The van der Waals surface area contributed by atoms with Crippen LogP contribution in [0.2, 0.25) is 0 Å². The van der Waals surface area contributed by atoms with Crippen molar-refractivity contribution in [2.24, 2.45) is 7.05 Å². The van der Waals surface area contributed by atoms with Gasteiger partial charge in [-0.05, 0) is 31.4 Å². The van der Waals surface area contributed by atoms with Crippen LogP contribution in [0.25, 0.3) is 0 Å². The van der Waals surface area contributed by atoms with Gasteiger partial charge in [0.1, 0.15) is 5.75 Å². The fraction of sp³-hybridized carbons (Fsp3) is 0.625. The molecule has 0 saturated heterocycles. The molecule has 0 unspecified atom stereocenters. The van der Waals surface area contributed by atoms with Crippen molar-refractivity contribution in [2.45, 2.75) is 64.2 Å². The zero-order valence-corrected chi connectivity index (χ0v) is 20.1. The number of carbonyl (C=O) groups is 1. The number of aromatic nitrogens is 3. The number of carboxylic acids is 1. The van der Waals surface area contributed by atoms with Gasteiger partial charge in [-0.3, -0.25) is 4.79 Å². The van der Waals surface area contributed by atoms with E-state index in [0.717, 1.165) is 44.5 Å². The lowest BCUT2D eigenvalue weighted by atomic mass is 10.1. The smallest absolute Gasteiger partial charge is 0.303 e. The number of ether oxygens (including phenoxy) is 1. The number of unbranched alkanes of at least 4 members (excludes halogenated alkanes) is 7. The number of benzene rings is 1. The summed E-state index contributed by atoms with van der Waals surface area (Å²) in [6.45, 7) is 2.37. The average Bonchev–Trinajstić information content (AvgIpc) is 3.11. The van der Waals surface area contributed by atoms with Crippen molar-refractivity contribution in [1.29, 1.82) is 0 Å². The van der Waals surface area contributed by atoms with E-state index in [2.05, 4.69) is 39.5 Å². The number of hydrogen-bond donors (Lipinski definition) is 3. The molecule has 4 N–H and O–H groups in total. The molecular weight excluding hydrogens is 420 g/mol. The average molecular weight is 461 g/mol. The first-order valence-electron chi connectivity index (χ1n) is 12.0. The van der Waals surface area contributed by atoms with Crippen LogP contribution in [0, 0.1) is 0 Å². The molecule has 0 radical (unpaired) electrons. The van der Waals surface area contributed by atoms with Crippen LogP contribution in [0.15, 0.2) is 24.3 Å². The van der Waals surface area contributed by atoms with Crippen LogP contribution in [0.5, 0.6) is 5.75 Å². The van der Waals surface area contributed by atoms with E-state index in [1.165, 1.54) is 37.8 Å². The molecule has 0 aliphatic rings. The summed E-state index contributed by atoms with van der Waals surface area (Å²) in [5.41, 5.74) is 6.74. The topological polar surface area (TPSA) is 119 Å². The number of nitrogens with two attached hydrogens (primary N) is 1. The fourth-order valence-electron chi connectivity index (χ4n) is 3.65. The van der Waals surface area contributed by atoms with Crippen molar-refractivity contribution in [2.75, 3.05) is 42.7 Å². The Hall–Kier alpha value is -2.97. The summed E-state index contributed by atoms with van der Waals surface area (Å²) >= 11 is 0. The third kappa shape index (κ3) is 10.9. The zero-order chi connectivity index (χ0) is 23.9. The summed E-state index contributed by atoms with van der Waals surface area (Å²) < 4.78 is 7.54. The molecule has 184 valence electrons. The van der Waals surface area contributed by atoms with Gasteiger partial charge in [0.2, 0.25) is 11.9 Å². The molecule has 0 atom stereocenters. The number of nitrogens with zero attached hydrogens (tertiary/aromatic N) is 4. The van der Waals surface area contributed by atoms with Crippen molar-refractivity contribution < 1.29 is 14.6 Å². The van der Waals surface area contributed by atoms with Crippen molar-refractivity contribution in [3.63, 3.8) is 0 Å². The van der Waals surface area contributed by atoms with E-state index in [9.17, 15) is 4.79 Å². The highest BCUT2D eigenvalue weighted by Gasteiger charge is 2.05. The van der Waals surface area contributed by atoms with Gasteiger partial charge in [0, 0.05) is 45.4 Å². The Labute approximate surface area is 197 Å². The summed E-state index contributed by atoms with van der Waals surface area (Å²) in [5.74, 6) is 1.12. The van der Waals surface area contributed by atoms with E-state index in [4.69, 9.17) is 15.6 Å². The van der Waals surface area contributed by atoms with Gasteiger partial charge in [-0.1, -0.05) is 44.6 Å². The van der Waals surface area contributed by atoms with Crippen LogP contribution < -0.4 is 20.7 Å². The molecule has 0 spiro atoms. The predicted octanol–water partition coefficient (Wildman–Crippen LogP) is 4.31. The van der Waals surface area contributed by atoms with Gasteiger partial charge in [-0.15, -0.1) is 5.10 Å². The van der Waals surface area contributed by atoms with Crippen LogP contribution >= 0.6 is 0 Å². The van der Waals surface area contributed by atoms with E-state index in [1.54, 1.807) is 11.7 Å². The lowest BCUT2D eigenvalue weighted by molar-refractivity contribution is -0.137. The molecule has 2 rings (SSSR count). The Balaban J connectivity index is 1.54. The normalized spacial score (nSPS) is 10.8. The summed E-state index contributed by atoms with van der Waals surface area (Å²) in [7, 11) is 3.93. The Morgan fingerprint density at radius 1 is 1.12 bits per heavy atom. The highest BCUT2D eigenvalue weighted by Crippen LogP contribution is 2.21. The molecule has 1 aromatic carbocycles. The van der Waals surface area contributed by atoms with Crippen molar-refractivity contribution >= 4 is 23.6 Å². The number of rotatable bonds is 18. The molecule has 0 aliphatic heterocycles. The van der Waals surface area contributed by atoms with Gasteiger partial charge in [0.25, 0.3) is 0 Å². The molecule has 0 amide bonds. The third-order valence-corrected chi connectivity index (χ3v) is 5.54. The van der Waals surface area contributed by atoms with Gasteiger partial charge >= 0.3 is 5.97 Å². The minimum Gasteiger partial charge on any atom is -0.493 e. The SMILES string of the molecule is CN(CCCCCCCCCCC(=O)O)c1cccc(OCCCNc2nc(N)nn2C)c1. The first-order valence-corrected chi connectivity index (χ1v) is 12.0. The number of aryl methyl sites for hydroxylation is 1. The number of carboxylic acid groups (broad SMARTS) is 1. The molecule has 1 aromatic heterocycles. The molecule has 0 saturated carbocycles. The van der Waals surface area contributed by atoms with Crippen molar-refractivity contribution in [1.82, 2.24) is 14.8 Å². The molecule has 0 fully saturated rings. The first-order chi connectivity index (χ1) is 16.0. The monoisotopic (exact) mass is 460 g/mol. The molecule has 0 bridgehead atoms. The fourth-order valence-corrected chi connectivity index (χ4v) is 3.65. The molecular formula is C24H40N6O3. The van der Waals surface area contributed by atoms with Gasteiger partial charge in [-0.2, -0.15) is 4.98 Å². The van der Waals surface area contributed by atoms with Crippen LogP contribution in [0.3, 0.4) is 0 Å². The lowest BCUT2D eigenvalue weighted by Gasteiger charge is -2.20. The largest absolute Gasteiger partial charge is 0.493 e. The molecule has 0 aliphatic carbocycles. The van der Waals surface area contributed by atoms with Crippen LogP contribution in [0.4, 0.5) is 17.6 Å². The minimum atomic E-state index is -0.686. The second-order valence-electron chi connectivity index (χ2n) is 8.44. The second kappa shape index (κ2) is 15.0. The summed E-state index contributed by atoms with van der Waals surface area (Å²) in [6, 6.07) is 8.23. The second-order valence-corrected chi connectivity index (χ2v) is 8.44. The number of nitrogen functional groups attached to an aromatic ring is 1. The van der Waals surface area contributed by atoms with E-state index in [1.807, 2.05) is 12.1 Å².